The third-order valence-electron chi connectivity index (χ3n) is 3.74. The van der Waals surface area contributed by atoms with Gasteiger partial charge in [-0.3, -0.25) is 0 Å². The van der Waals surface area contributed by atoms with Gasteiger partial charge in [0.25, 0.3) is 0 Å². The van der Waals surface area contributed by atoms with Crippen LogP contribution in [0, 0.1) is 0 Å². The molecular weight excluding hydrogens is 323 g/mol. The van der Waals surface area contributed by atoms with Gasteiger partial charge in [-0.2, -0.15) is 0 Å². The van der Waals surface area contributed by atoms with E-state index in [0.717, 1.165) is 0 Å². The van der Waals surface area contributed by atoms with Crippen molar-refractivity contribution in [3.05, 3.63) is 91.0 Å². The first kappa shape index (κ1) is 14.1. The van der Waals surface area contributed by atoms with Crippen LogP contribution in [0.2, 0.25) is 0 Å². The van der Waals surface area contributed by atoms with E-state index in [1.165, 1.54) is 0 Å². The molecule has 0 heterocycles. The summed E-state index contributed by atoms with van der Waals surface area (Å²) in [5, 5.41) is 0. The molecule has 106 valence electrons. The van der Waals surface area contributed by atoms with Crippen LogP contribution in [0.15, 0.2) is 91.0 Å². The van der Waals surface area contributed by atoms with E-state index < -0.39 is 13.1 Å². The van der Waals surface area contributed by atoms with Gasteiger partial charge in [-0.15, -0.1) is 0 Å². The molecule has 0 saturated heterocycles. The first-order chi connectivity index (χ1) is 10.1. The van der Waals surface area contributed by atoms with Gasteiger partial charge in [0.15, 0.2) is 0 Å². The molecular formula is C18H17AsO2. The molecule has 3 aromatic rings. The third-order valence-corrected chi connectivity index (χ3v) is 11.8. The zero-order chi connectivity index (χ0) is 14.8. The Labute approximate surface area is 125 Å². The molecule has 0 fully saturated rings. The molecule has 0 aliphatic rings. The molecule has 21 heavy (non-hydrogen) atoms. The Kier molecular flexibility index (Phi) is 3.46. The molecule has 0 aliphatic heterocycles. The van der Waals surface area contributed by atoms with Crippen molar-refractivity contribution in [2.24, 2.45) is 0 Å². The van der Waals surface area contributed by atoms with E-state index in [2.05, 4.69) is 0 Å². The molecule has 0 spiro atoms. The summed E-state index contributed by atoms with van der Waals surface area (Å²) in [5.41, 5.74) is 0. The van der Waals surface area contributed by atoms with Crippen LogP contribution in [0.3, 0.4) is 0 Å². The molecule has 0 saturated carbocycles. The second-order valence-corrected chi connectivity index (χ2v) is 12.6. The van der Waals surface area contributed by atoms with E-state index in [1.807, 2.05) is 54.6 Å². The summed E-state index contributed by atoms with van der Waals surface area (Å²) in [6.07, 6.45) is 0. The maximum atomic E-state index is 11.6. The first-order valence-corrected chi connectivity index (χ1v) is 11.3. The zero-order valence-corrected chi connectivity index (χ0v) is 13.4. The second-order valence-electron chi connectivity index (χ2n) is 5.03. The SMILES string of the molecule is O[As](O)(c1ccccc1)(c1ccccc1)c1ccccc1. The number of hydrogen-bond acceptors (Lipinski definition) is 2. The number of rotatable bonds is 3. The van der Waals surface area contributed by atoms with E-state index in [0.29, 0.717) is 13.1 Å². The zero-order valence-electron chi connectivity index (χ0n) is 11.5. The maximum absolute atomic E-state index is 11.6. The van der Waals surface area contributed by atoms with Gasteiger partial charge in [-0.25, -0.2) is 0 Å². The number of hydrogen-bond donors (Lipinski definition) is 2. The molecule has 0 radical (unpaired) electrons. The Morgan fingerprint density at radius 3 is 0.905 bits per heavy atom. The fraction of sp³-hybridized carbons (Fsp3) is 0. The first-order valence-electron chi connectivity index (χ1n) is 6.80. The Hall–Kier alpha value is -1.86. The average Bonchev–Trinajstić information content (AvgIpc) is 2.57. The van der Waals surface area contributed by atoms with Crippen LogP contribution < -0.4 is 13.1 Å². The molecule has 3 rings (SSSR count). The van der Waals surface area contributed by atoms with Gasteiger partial charge in [-0.05, 0) is 0 Å². The van der Waals surface area contributed by atoms with Crippen LogP contribution in [0.1, 0.15) is 0 Å². The van der Waals surface area contributed by atoms with E-state index in [-0.39, 0.29) is 0 Å². The second kappa shape index (κ2) is 5.16. The summed E-state index contributed by atoms with van der Waals surface area (Å²) >= 11 is -5.04. The van der Waals surface area contributed by atoms with E-state index in [9.17, 15) is 8.19 Å². The van der Waals surface area contributed by atoms with Gasteiger partial charge in [0.2, 0.25) is 0 Å². The predicted octanol–water partition coefficient (Wildman–Crippen LogP) is 1.09. The fourth-order valence-corrected chi connectivity index (χ4v) is 9.09. The molecule has 3 heteroatoms. The van der Waals surface area contributed by atoms with Crippen molar-refractivity contribution in [3.63, 3.8) is 0 Å². The van der Waals surface area contributed by atoms with Crippen LogP contribution >= 0.6 is 0 Å². The van der Waals surface area contributed by atoms with Crippen LogP contribution in [0.25, 0.3) is 0 Å². The van der Waals surface area contributed by atoms with Crippen molar-refractivity contribution in [3.8, 4) is 0 Å². The molecule has 0 bridgehead atoms. The van der Waals surface area contributed by atoms with Gasteiger partial charge in [-0.1, -0.05) is 0 Å². The molecule has 0 aliphatic carbocycles. The third kappa shape index (κ3) is 2.22. The van der Waals surface area contributed by atoms with Crippen LogP contribution in [-0.4, -0.2) is 21.3 Å². The van der Waals surface area contributed by atoms with Crippen molar-refractivity contribution >= 4 is 26.2 Å². The van der Waals surface area contributed by atoms with Gasteiger partial charge >= 0.3 is 125 Å². The Balaban J connectivity index is 2.36. The van der Waals surface area contributed by atoms with Crippen molar-refractivity contribution in [1.29, 1.82) is 0 Å². The molecule has 0 unspecified atom stereocenters. The van der Waals surface area contributed by atoms with Gasteiger partial charge < -0.3 is 0 Å². The van der Waals surface area contributed by atoms with Gasteiger partial charge in [0.05, 0.1) is 0 Å². The monoisotopic (exact) mass is 340 g/mol. The van der Waals surface area contributed by atoms with Crippen molar-refractivity contribution in [2.45, 2.75) is 0 Å². The van der Waals surface area contributed by atoms with Crippen molar-refractivity contribution in [2.75, 3.05) is 0 Å². The predicted molar refractivity (Wildman–Crippen MR) is 88.4 cm³/mol. The van der Waals surface area contributed by atoms with Crippen molar-refractivity contribution in [1.82, 2.24) is 0 Å². The summed E-state index contributed by atoms with van der Waals surface area (Å²) < 4.78 is 25.0. The van der Waals surface area contributed by atoms with Gasteiger partial charge in [0.1, 0.15) is 0 Å². The molecule has 3 aromatic carbocycles. The molecule has 2 N–H and O–H groups in total. The minimum absolute atomic E-state index is 0.591. The fourth-order valence-electron chi connectivity index (χ4n) is 2.58. The normalized spacial score (nSPS) is 13.3. The van der Waals surface area contributed by atoms with E-state index >= 15 is 0 Å². The Bertz CT molecular complexity index is 622. The molecule has 0 amide bonds. The van der Waals surface area contributed by atoms with Crippen LogP contribution in [0.5, 0.6) is 0 Å². The quantitative estimate of drug-likeness (QED) is 0.701. The summed E-state index contributed by atoms with van der Waals surface area (Å²) in [7, 11) is 0. The summed E-state index contributed by atoms with van der Waals surface area (Å²) in [6.45, 7) is 0. The van der Waals surface area contributed by atoms with E-state index in [4.69, 9.17) is 0 Å². The Morgan fingerprint density at radius 2 is 0.667 bits per heavy atom. The average molecular weight is 340 g/mol. The van der Waals surface area contributed by atoms with Crippen LogP contribution in [0.4, 0.5) is 0 Å². The van der Waals surface area contributed by atoms with Gasteiger partial charge in [0, 0.05) is 0 Å². The summed E-state index contributed by atoms with van der Waals surface area (Å²) in [6, 6.07) is 27.5. The molecule has 0 aromatic heterocycles. The Morgan fingerprint density at radius 1 is 0.429 bits per heavy atom. The number of benzene rings is 3. The van der Waals surface area contributed by atoms with Crippen LogP contribution in [-0.2, 0) is 0 Å². The summed E-state index contributed by atoms with van der Waals surface area (Å²) in [5.74, 6) is 0. The van der Waals surface area contributed by atoms with E-state index in [1.54, 1.807) is 36.4 Å². The molecule has 2 nitrogen and oxygen atoms in total. The standard InChI is InChI=1S/C18H17AsO2/c20-19(21,16-10-4-1-5-11-16,17-12-6-2-7-13-17)18-14-8-3-9-15-18/h1-15,20-21H. The van der Waals surface area contributed by atoms with Crippen molar-refractivity contribution < 1.29 is 8.19 Å². The summed E-state index contributed by atoms with van der Waals surface area (Å²) in [4.78, 5) is 0. The topological polar surface area (TPSA) is 40.5 Å². The molecule has 0 atom stereocenters. The minimum atomic E-state index is -5.04.